The van der Waals surface area contributed by atoms with Crippen molar-refractivity contribution in [2.75, 3.05) is 20.0 Å². The molecule has 0 aromatic carbocycles. The van der Waals surface area contributed by atoms with Gasteiger partial charge in [-0.15, -0.1) is 0 Å². The summed E-state index contributed by atoms with van der Waals surface area (Å²) in [6.45, 7) is 4.79. The van der Waals surface area contributed by atoms with E-state index in [-0.39, 0.29) is 22.6 Å². The van der Waals surface area contributed by atoms with Crippen molar-refractivity contribution in [1.29, 1.82) is 0 Å². The van der Waals surface area contributed by atoms with Gasteiger partial charge < -0.3 is 14.6 Å². The third-order valence-electron chi connectivity index (χ3n) is 7.23. The minimum absolute atomic E-state index is 0.166. The molecular formula is C18H30O4S. The van der Waals surface area contributed by atoms with Gasteiger partial charge in [0.25, 0.3) is 0 Å². The average molecular weight is 343 g/mol. The van der Waals surface area contributed by atoms with E-state index in [1.165, 1.54) is 20.0 Å². The lowest BCUT2D eigenvalue weighted by atomic mass is 9.69. The Morgan fingerprint density at radius 2 is 2.00 bits per heavy atom. The molecule has 3 aliphatic rings. The van der Waals surface area contributed by atoms with E-state index in [4.69, 9.17) is 9.47 Å². The fourth-order valence-electron chi connectivity index (χ4n) is 5.50. The lowest BCUT2D eigenvalue weighted by Crippen LogP contribution is -2.43. The Hall–Kier alpha value is -0.260. The normalized spacial score (nSPS) is 44.7. The monoisotopic (exact) mass is 342 g/mol. The molecule has 2 bridgehead atoms. The molecule has 0 unspecified atom stereocenters. The van der Waals surface area contributed by atoms with Crippen molar-refractivity contribution in [1.82, 2.24) is 0 Å². The first-order valence-electron chi connectivity index (χ1n) is 8.77. The first-order valence-corrected chi connectivity index (χ1v) is 9.82. The van der Waals surface area contributed by atoms with Crippen LogP contribution in [0.3, 0.4) is 0 Å². The second kappa shape index (κ2) is 6.23. The minimum Gasteiger partial charge on any atom is -0.469 e. The third kappa shape index (κ3) is 2.54. The molecule has 0 heterocycles. The van der Waals surface area contributed by atoms with Gasteiger partial charge in [-0.3, -0.25) is 4.79 Å². The molecule has 3 rings (SSSR count). The number of ether oxygens (including phenoxy) is 2. The van der Waals surface area contributed by atoms with Crippen LogP contribution in [0.25, 0.3) is 0 Å². The van der Waals surface area contributed by atoms with Gasteiger partial charge in [0.05, 0.1) is 25.2 Å². The number of hydrogen-bond donors (Lipinski definition) is 1. The number of aliphatic hydroxyl groups excluding tert-OH is 1. The Labute approximate surface area is 143 Å². The Morgan fingerprint density at radius 1 is 1.26 bits per heavy atom. The van der Waals surface area contributed by atoms with Gasteiger partial charge in [0.15, 0.2) is 0 Å². The molecule has 0 spiro atoms. The number of fused-ring (bicyclic) bond motifs is 2. The maximum absolute atomic E-state index is 12.0. The van der Waals surface area contributed by atoms with E-state index in [9.17, 15) is 9.90 Å². The molecule has 132 valence electrons. The topological polar surface area (TPSA) is 55.8 Å². The number of thioether (sulfide) groups is 1. The number of methoxy groups -OCH3 is 2. The smallest absolute Gasteiger partial charge is 0.312 e. The Kier molecular flexibility index (Phi) is 4.76. The predicted molar refractivity (Wildman–Crippen MR) is 91.3 cm³/mol. The standard InChI is InChI=1S/C18H30O4S/c1-17(2)11-7-8-18(17,14(9-11)21-3)10-23-13-6-5-12(19)15(13)16(20)22-4/h11-15,19H,5-10H2,1-4H3/t11-,12-,13-,14-,15-,18-/m1/s1. The highest BCUT2D eigenvalue weighted by atomic mass is 32.2. The zero-order valence-corrected chi connectivity index (χ0v) is 15.5. The zero-order chi connectivity index (χ0) is 16.8. The molecule has 0 amide bonds. The van der Waals surface area contributed by atoms with Crippen molar-refractivity contribution < 1.29 is 19.4 Å². The first kappa shape index (κ1) is 17.6. The van der Waals surface area contributed by atoms with E-state index < -0.39 is 6.10 Å². The third-order valence-corrected chi connectivity index (χ3v) is 8.87. The summed E-state index contributed by atoms with van der Waals surface area (Å²) in [7, 11) is 3.25. The SMILES string of the molecule is COC(=O)[C@@H]1[C@H](O)CC[C@H]1SC[C@]12CC[C@H](C[C@H]1OC)C2(C)C. The largest absolute Gasteiger partial charge is 0.469 e. The van der Waals surface area contributed by atoms with Crippen LogP contribution in [0, 0.1) is 22.7 Å². The molecule has 0 aromatic rings. The summed E-state index contributed by atoms with van der Waals surface area (Å²) in [5, 5.41) is 10.3. The average Bonchev–Trinajstić information content (AvgIpc) is 3.09. The van der Waals surface area contributed by atoms with Crippen molar-refractivity contribution in [3.05, 3.63) is 0 Å². The summed E-state index contributed by atoms with van der Waals surface area (Å²) >= 11 is 1.87. The number of esters is 1. The quantitative estimate of drug-likeness (QED) is 0.779. The van der Waals surface area contributed by atoms with E-state index in [0.29, 0.717) is 17.9 Å². The first-order chi connectivity index (χ1) is 10.9. The van der Waals surface area contributed by atoms with Gasteiger partial charge in [-0.2, -0.15) is 11.8 Å². The van der Waals surface area contributed by atoms with E-state index in [0.717, 1.165) is 24.5 Å². The van der Waals surface area contributed by atoms with E-state index in [1.54, 1.807) is 0 Å². The molecule has 23 heavy (non-hydrogen) atoms. The molecule has 6 atom stereocenters. The van der Waals surface area contributed by atoms with E-state index in [2.05, 4.69) is 13.8 Å². The number of carbonyl (C=O) groups excluding carboxylic acids is 1. The van der Waals surface area contributed by atoms with Gasteiger partial charge in [0.2, 0.25) is 0 Å². The van der Waals surface area contributed by atoms with Crippen molar-refractivity contribution in [3.63, 3.8) is 0 Å². The van der Waals surface area contributed by atoms with Crippen LogP contribution in [0.4, 0.5) is 0 Å². The summed E-state index contributed by atoms with van der Waals surface area (Å²) in [6.07, 6.45) is 5.04. The summed E-state index contributed by atoms with van der Waals surface area (Å²) in [5.74, 6) is 1.13. The minimum atomic E-state index is -0.552. The van der Waals surface area contributed by atoms with Crippen molar-refractivity contribution >= 4 is 17.7 Å². The molecule has 0 radical (unpaired) electrons. The lowest BCUT2D eigenvalue weighted by Gasteiger charge is -2.42. The predicted octanol–water partition coefficient (Wildman–Crippen LogP) is 2.87. The number of rotatable bonds is 5. The molecule has 0 aliphatic heterocycles. The Balaban J connectivity index is 1.73. The van der Waals surface area contributed by atoms with Crippen LogP contribution in [0.1, 0.15) is 46.0 Å². The molecule has 3 saturated carbocycles. The highest BCUT2D eigenvalue weighted by Gasteiger charge is 2.64. The number of hydrogen-bond acceptors (Lipinski definition) is 5. The second-order valence-corrected chi connectivity index (χ2v) is 9.34. The number of aliphatic hydroxyl groups is 1. The highest BCUT2D eigenvalue weighted by molar-refractivity contribution is 8.00. The van der Waals surface area contributed by atoms with Crippen LogP contribution < -0.4 is 0 Å². The molecule has 3 aliphatic carbocycles. The lowest BCUT2D eigenvalue weighted by molar-refractivity contribution is -0.148. The van der Waals surface area contributed by atoms with Crippen LogP contribution >= 0.6 is 11.8 Å². The molecule has 0 saturated heterocycles. The molecule has 3 fully saturated rings. The van der Waals surface area contributed by atoms with Crippen LogP contribution in [-0.4, -0.2) is 48.5 Å². The van der Waals surface area contributed by atoms with Gasteiger partial charge in [0.1, 0.15) is 0 Å². The molecule has 5 heteroatoms. The Morgan fingerprint density at radius 3 is 2.61 bits per heavy atom. The van der Waals surface area contributed by atoms with Crippen molar-refractivity contribution in [2.24, 2.45) is 22.7 Å². The van der Waals surface area contributed by atoms with Gasteiger partial charge in [-0.05, 0) is 43.4 Å². The maximum atomic E-state index is 12.0. The van der Waals surface area contributed by atoms with Crippen molar-refractivity contribution in [2.45, 2.75) is 63.4 Å². The van der Waals surface area contributed by atoms with E-state index >= 15 is 0 Å². The number of carbonyl (C=O) groups is 1. The zero-order valence-electron chi connectivity index (χ0n) is 14.7. The Bertz CT molecular complexity index is 466. The second-order valence-electron chi connectivity index (χ2n) is 8.12. The van der Waals surface area contributed by atoms with Crippen LogP contribution in [0.15, 0.2) is 0 Å². The molecule has 1 N–H and O–H groups in total. The van der Waals surface area contributed by atoms with Gasteiger partial charge in [-0.25, -0.2) is 0 Å². The summed E-state index contributed by atoms with van der Waals surface area (Å²) in [4.78, 5) is 12.0. The molecule has 0 aromatic heterocycles. The molecule has 4 nitrogen and oxygen atoms in total. The van der Waals surface area contributed by atoms with Gasteiger partial charge >= 0.3 is 5.97 Å². The van der Waals surface area contributed by atoms with Crippen LogP contribution in [-0.2, 0) is 14.3 Å². The van der Waals surface area contributed by atoms with Gasteiger partial charge in [0, 0.05) is 23.5 Å². The fourth-order valence-corrected chi connectivity index (χ4v) is 7.51. The maximum Gasteiger partial charge on any atom is 0.312 e. The summed E-state index contributed by atoms with van der Waals surface area (Å²) in [6, 6.07) is 0. The molecular weight excluding hydrogens is 312 g/mol. The van der Waals surface area contributed by atoms with Crippen LogP contribution in [0.2, 0.25) is 0 Å². The fraction of sp³-hybridized carbons (Fsp3) is 0.944. The highest BCUT2D eigenvalue weighted by Crippen LogP contribution is 2.67. The van der Waals surface area contributed by atoms with E-state index in [1.807, 2.05) is 18.9 Å². The van der Waals surface area contributed by atoms with Crippen molar-refractivity contribution in [3.8, 4) is 0 Å². The van der Waals surface area contributed by atoms with Crippen LogP contribution in [0.5, 0.6) is 0 Å². The summed E-state index contributed by atoms with van der Waals surface area (Å²) < 4.78 is 10.8. The summed E-state index contributed by atoms with van der Waals surface area (Å²) in [5.41, 5.74) is 0.490. The van der Waals surface area contributed by atoms with Gasteiger partial charge in [-0.1, -0.05) is 13.8 Å².